The van der Waals surface area contributed by atoms with Gasteiger partial charge >= 0.3 is 0 Å². The van der Waals surface area contributed by atoms with Gasteiger partial charge in [0.2, 0.25) is 5.91 Å². The van der Waals surface area contributed by atoms with Gasteiger partial charge in [-0.2, -0.15) is 0 Å². The Morgan fingerprint density at radius 3 is 2.29 bits per heavy atom. The smallest absolute Gasteiger partial charge is 0.257 e. The topological polar surface area (TPSA) is 72.9 Å². The molecule has 0 radical (unpaired) electrons. The molecule has 3 aromatic rings. The number of rotatable bonds is 7. The summed E-state index contributed by atoms with van der Waals surface area (Å²) in [6, 6.07) is 20.3. The minimum absolute atomic E-state index is 0.0600. The van der Waals surface area contributed by atoms with E-state index in [-0.39, 0.29) is 22.9 Å². The molecule has 2 heterocycles. The highest BCUT2D eigenvalue weighted by molar-refractivity contribution is 5.98. The van der Waals surface area contributed by atoms with E-state index < -0.39 is 29.3 Å². The second-order valence-corrected chi connectivity index (χ2v) is 14.5. The molecule has 240 valence electrons. The average molecular weight is 614 g/mol. The maximum absolute atomic E-state index is 15.1. The molecular formula is C38H48FN3O3. The standard InChI is InChI=1S/C38H48FN3O3/c1-25-11-7-15-31(39)33(25)36(44)42-22-9-14-30(35(43)40-29-13-8-12-28(23-29)37(2,3)4)34(42)27-19-17-26(18-20-27)24-41-21-10-16-32(41)38(5,6)45/h7-8,11-13,15,17-20,23,30,32,34,45H,9-10,14,16,21-22,24H2,1-6H3,(H,40,43). The molecule has 2 amide bonds. The Kier molecular flexibility index (Phi) is 9.52. The predicted molar refractivity (Wildman–Crippen MR) is 178 cm³/mol. The minimum Gasteiger partial charge on any atom is -0.389 e. The Balaban J connectivity index is 1.46. The van der Waals surface area contributed by atoms with Gasteiger partial charge in [0.1, 0.15) is 5.82 Å². The Morgan fingerprint density at radius 1 is 0.933 bits per heavy atom. The lowest BCUT2D eigenvalue weighted by atomic mass is 9.82. The van der Waals surface area contributed by atoms with E-state index in [1.165, 1.54) is 6.07 Å². The van der Waals surface area contributed by atoms with Crippen molar-refractivity contribution in [2.24, 2.45) is 5.92 Å². The molecule has 3 aromatic carbocycles. The Morgan fingerprint density at radius 2 is 1.62 bits per heavy atom. The zero-order valence-corrected chi connectivity index (χ0v) is 27.6. The van der Waals surface area contributed by atoms with Crippen molar-refractivity contribution >= 4 is 17.5 Å². The van der Waals surface area contributed by atoms with Gasteiger partial charge in [0.25, 0.3) is 5.91 Å². The van der Waals surface area contributed by atoms with Crippen molar-refractivity contribution in [3.8, 4) is 0 Å². The predicted octanol–water partition coefficient (Wildman–Crippen LogP) is 7.40. The van der Waals surface area contributed by atoms with Crippen LogP contribution < -0.4 is 5.32 Å². The number of hydrogen-bond acceptors (Lipinski definition) is 4. The summed E-state index contributed by atoms with van der Waals surface area (Å²) >= 11 is 0. The molecule has 2 aliphatic heterocycles. The Labute approximate surface area is 267 Å². The molecule has 2 saturated heterocycles. The first-order valence-corrected chi connectivity index (χ1v) is 16.3. The van der Waals surface area contributed by atoms with Gasteiger partial charge in [0.05, 0.1) is 23.1 Å². The van der Waals surface area contributed by atoms with Crippen LogP contribution in [0.15, 0.2) is 66.7 Å². The minimum atomic E-state index is -0.781. The summed E-state index contributed by atoms with van der Waals surface area (Å²) in [6.45, 7) is 14.0. The first-order chi connectivity index (χ1) is 21.2. The van der Waals surface area contributed by atoms with Crippen molar-refractivity contribution in [1.29, 1.82) is 0 Å². The van der Waals surface area contributed by atoms with E-state index in [1.807, 2.05) is 44.2 Å². The van der Waals surface area contributed by atoms with E-state index in [0.29, 0.717) is 31.5 Å². The van der Waals surface area contributed by atoms with Crippen molar-refractivity contribution in [2.75, 3.05) is 18.4 Å². The second-order valence-electron chi connectivity index (χ2n) is 14.5. The van der Waals surface area contributed by atoms with Crippen molar-refractivity contribution in [1.82, 2.24) is 9.80 Å². The summed E-state index contributed by atoms with van der Waals surface area (Å²) in [5.41, 5.74) is 3.58. The van der Waals surface area contributed by atoms with Crippen LogP contribution in [0.3, 0.4) is 0 Å². The number of amides is 2. The number of hydrogen-bond donors (Lipinski definition) is 2. The number of anilines is 1. The van der Waals surface area contributed by atoms with Crippen molar-refractivity contribution < 1.29 is 19.1 Å². The first-order valence-electron chi connectivity index (χ1n) is 16.3. The SMILES string of the molecule is Cc1cccc(F)c1C(=O)N1CCCC(C(=O)Nc2cccc(C(C)(C)C)c2)C1c1ccc(CN2CCCC2C(C)(C)O)cc1. The molecular weight excluding hydrogens is 565 g/mol. The lowest BCUT2D eigenvalue weighted by Crippen LogP contribution is -2.47. The highest BCUT2D eigenvalue weighted by Gasteiger charge is 2.41. The van der Waals surface area contributed by atoms with E-state index in [2.05, 4.69) is 49.2 Å². The maximum Gasteiger partial charge on any atom is 0.257 e. The molecule has 3 unspecified atom stereocenters. The fraction of sp³-hybridized carbons (Fsp3) is 0.474. The highest BCUT2D eigenvalue weighted by Crippen LogP contribution is 2.39. The van der Waals surface area contributed by atoms with Gasteiger partial charge in [-0.1, -0.05) is 69.3 Å². The second kappa shape index (κ2) is 13.1. The molecule has 0 saturated carbocycles. The molecule has 2 aliphatic rings. The summed E-state index contributed by atoms with van der Waals surface area (Å²) in [5, 5.41) is 13.8. The maximum atomic E-state index is 15.1. The lowest BCUT2D eigenvalue weighted by molar-refractivity contribution is -0.123. The number of nitrogens with zero attached hydrogens (tertiary/aromatic N) is 2. The number of benzene rings is 3. The number of aliphatic hydroxyl groups is 1. The largest absolute Gasteiger partial charge is 0.389 e. The van der Waals surface area contributed by atoms with Crippen molar-refractivity contribution in [2.45, 2.75) is 96.9 Å². The number of piperidine rings is 1. The molecule has 0 bridgehead atoms. The van der Waals surface area contributed by atoms with Gasteiger partial charge in [-0.15, -0.1) is 0 Å². The number of carbonyl (C=O) groups excluding carboxylic acids is 2. The summed E-state index contributed by atoms with van der Waals surface area (Å²) in [4.78, 5) is 32.1. The molecule has 0 aliphatic carbocycles. The summed E-state index contributed by atoms with van der Waals surface area (Å²) in [7, 11) is 0. The summed E-state index contributed by atoms with van der Waals surface area (Å²) < 4.78 is 15.1. The highest BCUT2D eigenvalue weighted by atomic mass is 19.1. The summed E-state index contributed by atoms with van der Waals surface area (Å²) in [5.74, 6) is -1.61. The van der Waals surface area contributed by atoms with E-state index >= 15 is 4.39 Å². The fourth-order valence-corrected chi connectivity index (χ4v) is 7.13. The monoisotopic (exact) mass is 613 g/mol. The average Bonchev–Trinajstić information content (AvgIpc) is 3.46. The molecule has 6 nitrogen and oxygen atoms in total. The van der Waals surface area contributed by atoms with Crippen LogP contribution in [-0.2, 0) is 16.8 Å². The zero-order valence-electron chi connectivity index (χ0n) is 27.6. The van der Waals surface area contributed by atoms with Crippen LogP contribution >= 0.6 is 0 Å². The van der Waals surface area contributed by atoms with Crippen LogP contribution in [0.4, 0.5) is 10.1 Å². The third kappa shape index (κ3) is 7.31. The quantitative estimate of drug-likeness (QED) is 0.291. The normalized spacial score (nSPS) is 21.2. The summed E-state index contributed by atoms with van der Waals surface area (Å²) in [6.07, 6.45) is 3.27. The molecule has 3 atom stereocenters. The van der Waals surface area contributed by atoms with E-state index in [9.17, 15) is 14.7 Å². The van der Waals surface area contributed by atoms with Crippen LogP contribution in [0.1, 0.15) is 99.0 Å². The number of aryl methyl sites for hydroxylation is 1. The van der Waals surface area contributed by atoms with Gasteiger partial charge in [-0.05, 0) is 98.9 Å². The third-order valence-corrected chi connectivity index (χ3v) is 9.55. The van der Waals surface area contributed by atoms with Gasteiger partial charge in [0.15, 0.2) is 0 Å². The molecule has 45 heavy (non-hydrogen) atoms. The molecule has 0 aromatic heterocycles. The van der Waals surface area contributed by atoms with Crippen LogP contribution in [0, 0.1) is 18.7 Å². The molecule has 0 spiro atoms. The number of nitrogens with one attached hydrogen (secondary N) is 1. The van der Waals surface area contributed by atoms with Crippen LogP contribution in [0.5, 0.6) is 0 Å². The zero-order chi connectivity index (χ0) is 32.5. The van der Waals surface area contributed by atoms with Gasteiger partial charge in [-0.25, -0.2) is 4.39 Å². The van der Waals surface area contributed by atoms with E-state index in [4.69, 9.17) is 0 Å². The van der Waals surface area contributed by atoms with Crippen LogP contribution in [-0.4, -0.2) is 51.5 Å². The molecule has 7 heteroatoms. The van der Waals surface area contributed by atoms with E-state index in [1.54, 1.807) is 24.0 Å². The van der Waals surface area contributed by atoms with Crippen molar-refractivity contribution in [3.63, 3.8) is 0 Å². The molecule has 5 rings (SSSR count). The molecule has 2 fully saturated rings. The first kappa shape index (κ1) is 32.8. The number of carbonyl (C=O) groups is 2. The Hall–Kier alpha value is -3.55. The van der Waals surface area contributed by atoms with Gasteiger partial charge in [-0.3, -0.25) is 14.5 Å². The number of halogens is 1. The van der Waals surface area contributed by atoms with Crippen LogP contribution in [0.25, 0.3) is 0 Å². The Bertz CT molecular complexity index is 1500. The van der Waals surface area contributed by atoms with Crippen LogP contribution in [0.2, 0.25) is 0 Å². The van der Waals surface area contributed by atoms with Gasteiger partial charge in [0, 0.05) is 24.8 Å². The lowest BCUT2D eigenvalue weighted by Gasteiger charge is -2.41. The molecule has 2 N–H and O–H groups in total. The van der Waals surface area contributed by atoms with E-state index in [0.717, 1.165) is 41.8 Å². The third-order valence-electron chi connectivity index (χ3n) is 9.55. The fourth-order valence-electron chi connectivity index (χ4n) is 7.13. The van der Waals surface area contributed by atoms with Gasteiger partial charge < -0.3 is 15.3 Å². The van der Waals surface area contributed by atoms with Crippen molar-refractivity contribution in [3.05, 3.63) is 100 Å². The number of likely N-dealkylation sites (tertiary alicyclic amines) is 2.